The zero-order valence-electron chi connectivity index (χ0n) is 11.4. The Bertz CT molecular complexity index is 768. The van der Waals surface area contributed by atoms with Crippen molar-refractivity contribution in [2.45, 2.75) is 13.2 Å². The Labute approximate surface area is 122 Å². The molecule has 0 saturated heterocycles. The summed E-state index contributed by atoms with van der Waals surface area (Å²) in [6.45, 7) is 0.633. The number of halogens is 1. The Morgan fingerprint density at radius 1 is 1.05 bits per heavy atom. The minimum Gasteiger partial charge on any atom is -0.488 e. The summed E-state index contributed by atoms with van der Waals surface area (Å²) in [5, 5.41) is 0.955. The second-order valence-corrected chi connectivity index (χ2v) is 4.73. The van der Waals surface area contributed by atoms with Crippen LogP contribution in [0.4, 0.5) is 4.39 Å². The van der Waals surface area contributed by atoms with E-state index in [1.807, 2.05) is 30.3 Å². The van der Waals surface area contributed by atoms with Crippen LogP contribution in [0.1, 0.15) is 11.1 Å². The summed E-state index contributed by atoms with van der Waals surface area (Å²) in [4.78, 5) is 4.29. The largest absolute Gasteiger partial charge is 0.488 e. The Morgan fingerprint density at radius 2 is 1.95 bits per heavy atom. The van der Waals surface area contributed by atoms with Crippen molar-refractivity contribution in [3.8, 4) is 5.75 Å². The van der Waals surface area contributed by atoms with Crippen molar-refractivity contribution >= 4 is 10.9 Å². The third kappa shape index (κ3) is 2.85. The number of hydrogen-bond donors (Lipinski definition) is 1. The molecule has 3 rings (SSSR count). The van der Waals surface area contributed by atoms with Gasteiger partial charge in [0.2, 0.25) is 0 Å². The molecule has 0 amide bonds. The highest BCUT2D eigenvalue weighted by atomic mass is 19.1. The van der Waals surface area contributed by atoms with Crippen LogP contribution >= 0.6 is 0 Å². The van der Waals surface area contributed by atoms with Crippen LogP contribution < -0.4 is 10.5 Å². The maximum Gasteiger partial charge on any atom is 0.129 e. The Kier molecular flexibility index (Phi) is 3.79. The van der Waals surface area contributed by atoms with Gasteiger partial charge in [0.1, 0.15) is 18.2 Å². The maximum atomic E-state index is 13.2. The summed E-state index contributed by atoms with van der Waals surface area (Å²) in [5.74, 6) is 0.474. The number of ether oxygens (including phenoxy) is 1. The van der Waals surface area contributed by atoms with Gasteiger partial charge in [-0.2, -0.15) is 0 Å². The highest BCUT2D eigenvalue weighted by Gasteiger charge is 2.06. The third-order valence-electron chi connectivity index (χ3n) is 3.38. The number of rotatable bonds is 4. The molecule has 1 aromatic heterocycles. The molecule has 0 fully saturated rings. The number of nitrogens with two attached hydrogens (primary N) is 1. The van der Waals surface area contributed by atoms with Gasteiger partial charge in [0.15, 0.2) is 0 Å². The summed E-state index contributed by atoms with van der Waals surface area (Å²) in [5.41, 5.74) is 8.18. The van der Waals surface area contributed by atoms with Crippen LogP contribution in [-0.4, -0.2) is 4.98 Å². The first-order chi connectivity index (χ1) is 10.3. The van der Waals surface area contributed by atoms with E-state index in [0.717, 1.165) is 27.8 Å². The van der Waals surface area contributed by atoms with Crippen LogP contribution in [0.2, 0.25) is 0 Å². The first-order valence-electron chi connectivity index (χ1n) is 6.72. The highest BCUT2D eigenvalue weighted by Crippen LogP contribution is 2.25. The third-order valence-corrected chi connectivity index (χ3v) is 3.38. The number of benzene rings is 2. The van der Waals surface area contributed by atoms with Crippen molar-refractivity contribution in [1.29, 1.82) is 0 Å². The zero-order valence-corrected chi connectivity index (χ0v) is 11.4. The molecule has 0 radical (unpaired) electrons. The monoisotopic (exact) mass is 282 g/mol. The first-order valence-corrected chi connectivity index (χ1v) is 6.72. The lowest BCUT2D eigenvalue weighted by Crippen LogP contribution is -2.05. The molecule has 2 aromatic carbocycles. The molecular formula is C17H15FN2O. The van der Waals surface area contributed by atoms with Gasteiger partial charge in [0, 0.05) is 18.1 Å². The number of nitrogens with zero attached hydrogens (tertiary/aromatic N) is 1. The van der Waals surface area contributed by atoms with Crippen LogP contribution in [0, 0.1) is 5.82 Å². The van der Waals surface area contributed by atoms with Gasteiger partial charge in [-0.15, -0.1) is 0 Å². The summed E-state index contributed by atoms with van der Waals surface area (Å²) >= 11 is 0. The molecule has 3 aromatic rings. The van der Waals surface area contributed by atoms with Gasteiger partial charge in [-0.25, -0.2) is 4.39 Å². The van der Waals surface area contributed by atoms with Crippen molar-refractivity contribution < 1.29 is 9.13 Å². The topological polar surface area (TPSA) is 48.1 Å². The highest BCUT2D eigenvalue weighted by molar-refractivity contribution is 5.84. The van der Waals surface area contributed by atoms with E-state index in [1.54, 1.807) is 12.3 Å². The summed E-state index contributed by atoms with van der Waals surface area (Å²) in [6.07, 6.45) is 1.75. The van der Waals surface area contributed by atoms with E-state index >= 15 is 0 Å². The lowest BCUT2D eigenvalue weighted by Gasteiger charge is -2.11. The maximum absolute atomic E-state index is 13.2. The van der Waals surface area contributed by atoms with Crippen LogP contribution in [0.5, 0.6) is 5.75 Å². The van der Waals surface area contributed by atoms with E-state index < -0.39 is 0 Å². The van der Waals surface area contributed by atoms with Gasteiger partial charge in [0.05, 0.1) is 5.52 Å². The quantitative estimate of drug-likeness (QED) is 0.797. The number of aromatic nitrogens is 1. The number of hydrogen-bond acceptors (Lipinski definition) is 3. The molecule has 2 N–H and O–H groups in total. The van der Waals surface area contributed by atoms with Gasteiger partial charge in [0.25, 0.3) is 0 Å². The molecular weight excluding hydrogens is 267 g/mol. The van der Waals surface area contributed by atoms with Crippen molar-refractivity contribution in [2.75, 3.05) is 0 Å². The van der Waals surface area contributed by atoms with E-state index in [1.165, 1.54) is 12.1 Å². The second kappa shape index (κ2) is 5.89. The zero-order chi connectivity index (χ0) is 14.7. The molecule has 1 heterocycles. The van der Waals surface area contributed by atoms with Crippen molar-refractivity contribution in [3.05, 3.63) is 71.7 Å². The van der Waals surface area contributed by atoms with E-state index in [-0.39, 0.29) is 12.4 Å². The lowest BCUT2D eigenvalue weighted by molar-refractivity contribution is 0.308. The molecule has 0 aliphatic carbocycles. The van der Waals surface area contributed by atoms with E-state index in [0.29, 0.717) is 6.61 Å². The van der Waals surface area contributed by atoms with Crippen molar-refractivity contribution in [1.82, 2.24) is 4.98 Å². The fraction of sp³-hybridized carbons (Fsp3) is 0.118. The summed E-state index contributed by atoms with van der Waals surface area (Å²) in [6, 6.07) is 14.2. The SMILES string of the molecule is NCc1cc(F)ccc1COc1cccc2ncccc12. The van der Waals surface area contributed by atoms with Crippen LogP contribution in [0.25, 0.3) is 10.9 Å². The molecule has 0 aliphatic heterocycles. The molecule has 0 aliphatic rings. The molecule has 21 heavy (non-hydrogen) atoms. The normalized spacial score (nSPS) is 10.8. The Balaban J connectivity index is 1.87. The predicted octanol–water partition coefficient (Wildman–Crippen LogP) is 3.41. The van der Waals surface area contributed by atoms with Gasteiger partial charge in [-0.1, -0.05) is 12.1 Å². The molecule has 4 heteroatoms. The molecule has 0 bridgehead atoms. The Hall–Kier alpha value is -2.46. The Morgan fingerprint density at radius 3 is 2.81 bits per heavy atom. The van der Waals surface area contributed by atoms with Gasteiger partial charge < -0.3 is 10.5 Å². The van der Waals surface area contributed by atoms with Crippen molar-refractivity contribution in [2.24, 2.45) is 5.73 Å². The van der Waals surface area contributed by atoms with E-state index in [9.17, 15) is 4.39 Å². The van der Waals surface area contributed by atoms with Crippen LogP contribution in [0.3, 0.4) is 0 Å². The van der Waals surface area contributed by atoms with Crippen LogP contribution in [-0.2, 0) is 13.2 Å². The van der Waals surface area contributed by atoms with Crippen LogP contribution in [0.15, 0.2) is 54.7 Å². The molecule has 0 saturated carbocycles. The molecule has 0 unspecified atom stereocenters. The minimum absolute atomic E-state index is 0.284. The average molecular weight is 282 g/mol. The van der Waals surface area contributed by atoms with Crippen molar-refractivity contribution in [3.63, 3.8) is 0 Å². The molecule has 0 atom stereocenters. The fourth-order valence-corrected chi connectivity index (χ4v) is 2.28. The molecule has 0 spiro atoms. The van der Waals surface area contributed by atoms with Gasteiger partial charge >= 0.3 is 0 Å². The minimum atomic E-state index is -0.284. The first kappa shape index (κ1) is 13.5. The number of fused-ring (bicyclic) bond motifs is 1. The summed E-state index contributed by atoms with van der Waals surface area (Å²) < 4.78 is 19.1. The van der Waals surface area contributed by atoms with E-state index in [2.05, 4.69) is 4.98 Å². The average Bonchev–Trinajstić information content (AvgIpc) is 2.53. The second-order valence-electron chi connectivity index (χ2n) is 4.73. The molecule has 106 valence electrons. The predicted molar refractivity (Wildman–Crippen MR) is 80.4 cm³/mol. The van der Waals surface area contributed by atoms with E-state index in [4.69, 9.17) is 10.5 Å². The lowest BCUT2D eigenvalue weighted by atomic mass is 10.1. The number of pyridine rings is 1. The molecule has 3 nitrogen and oxygen atoms in total. The fourth-order valence-electron chi connectivity index (χ4n) is 2.28. The smallest absolute Gasteiger partial charge is 0.129 e. The standard InChI is InChI=1S/C17H15FN2O/c18-14-7-6-12(13(9-14)10-19)11-21-17-5-1-4-16-15(17)3-2-8-20-16/h1-9H,10-11,19H2. The van der Waals surface area contributed by atoms with Gasteiger partial charge in [-0.3, -0.25) is 4.98 Å². The van der Waals surface area contributed by atoms with Gasteiger partial charge in [-0.05, 0) is 47.5 Å². The summed E-state index contributed by atoms with van der Waals surface area (Å²) in [7, 11) is 0.